The summed E-state index contributed by atoms with van der Waals surface area (Å²) < 4.78 is 39.3. The van der Waals surface area contributed by atoms with E-state index in [9.17, 15) is 13.2 Å². The third kappa shape index (κ3) is 5.65. The van der Waals surface area contributed by atoms with Crippen LogP contribution in [0.3, 0.4) is 0 Å². The zero-order chi connectivity index (χ0) is 21.6. The lowest BCUT2D eigenvalue weighted by Crippen LogP contribution is -2.28. The van der Waals surface area contributed by atoms with Gasteiger partial charge >= 0.3 is 0 Å². The summed E-state index contributed by atoms with van der Waals surface area (Å²) in [7, 11) is -0.745. The maximum atomic E-state index is 13.0. The molecule has 0 aliphatic heterocycles. The normalized spacial score (nSPS) is 12.3. The average Bonchev–Trinajstić information content (AvgIpc) is 2.71. The number of hydrogen-bond acceptors (Lipinski definition) is 6. The summed E-state index contributed by atoms with van der Waals surface area (Å²) in [5.41, 5.74) is 1.23. The molecule has 2 rings (SSSR count). The van der Waals surface area contributed by atoms with Crippen LogP contribution in [0.25, 0.3) is 0 Å². The lowest BCUT2D eigenvalue weighted by Gasteiger charge is -2.20. The first-order chi connectivity index (χ1) is 13.7. The Morgan fingerprint density at radius 3 is 2.34 bits per heavy atom. The molecule has 1 amide bonds. The number of sulfonamides is 1. The molecular weight excluding hydrogens is 412 g/mol. The highest BCUT2D eigenvalue weighted by Gasteiger charge is 2.22. The van der Waals surface area contributed by atoms with Gasteiger partial charge in [0.05, 0.1) is 24.8 Å². The standard InChI is InChI=1S/C20H26N2O5S2/c1-6-16(14-7-9-18(26-3)19(11-14)27-4)22-29(24,25)15-8-10-20(28-5)17(12-15)21-13(2)23/h7-12,16,22H,6H2,1-5H3,(H,21,23)/t16-/m1/s1. The fraction of sp³-hybridized carbons (Fsp3) is 0.350. The molecule has 7 nitrogen and oxygen atoms in total. The molecule has 2 aromatic carbocycles. The maximum Gasteiger partial charge on any atom is 0.241 e. The summed E-state index contributed by atoms with van der Waals surface area (Å²) >= 11 is 1.42. The van der Waals surface area contributed by atoms with E-state index in [2.05, 4.69) is 10.0 Å². The Balaban J connectivity index is 2.37. The van der Waals surface area contributed by atoms with Gasteiger partial charge in [-0.15, -0.1) is 11.8 Å². The van der Waals surface area contributed by atoms with E-state index in [1.54, 1.807) is 31.4 Å². The van der Waals surface area contributed by atoms with Crippen molar-refractivity contribution in [2.24, 2.45) is 0 Å². The number of benzene rings is 2. The Kier molecular flexibility index (Phi) is 7.95. The Labute approximate surface area is 176 Å². The van der Waals surface area contributed by atoms with E-state index in [4.69, 9.17) is 9.47 Å². The van der Waals surface area contributed by atoms with E-state index in [-0.39, 0.29) is 10.8 Å². The van der Waals surface area contributed by atoms with Crippen molar-refractivity contribution < 1.29 is 22.7 Å². The van der Waals surface area contributed by atoms with Gasteiger partial charge in [-0.3, -0.25) is 4.79 Å². The molecule has 0 aromatic heterocycles. The zero-order valence-corrected chi connectivity index (χ0v) is 18.7. The Morgan fingerprint density at radius 2 is 1.79 bits per heavy atom. The summed E-state index contributed by atoms with van der Waals surface area (Å²) in [6, 6.07) is 9.53. The summed E-state index contributed by atoms with van der Waals surface area (Å²) in [4.78, 5) is 12.3. The molecule has 158 valence electrons. The molecule has 0 fully saturated rings. The Morgan fingerprint density at radius 1 is 1.10 bits per heavy atom. The highest BCUT2D eigenvalue weighted by molar-refractivity contribution is 7.98. The van der Waals surface area contributed by atoms with Crippen LogP contribution in [0.1, 0.15) is 31.9 Å². The number of rotatable bonds is 9. The second-order valence-corrected chi connectivity index (χ2v) is 8.80. The first-order valence-electron chi connectivity index (χ1n) is 8.95. The van der Waals surface area contributed by atoms with Gasteiger partial charge in [-0.25, -0.2) is 13.1 Å². The number of anilines is 1. The minimum absolute atomic E-state index is 0.0815. The molecule has 0 saturated heterocycles. The molecule has 1 atom stereocenters. The highest BCUT2D eigenvalue weighted by Crippen LogP contribution is 2.32. The number of carbonyl (C=O) groups is 1. The van der Waals surface area contributed by atoms with Crippen molar-refractivity contribution in [2.75, 3.05) is 25.8 Å². The van der Waals surface area contributed by atoms with Crippen LogP contribution in [-0.2, 0) is 14.8 Å². The van der Waals surface area contributed by atoms with E-state index in [0.717, 1.165) is 10.5 Å². The lowest BCUT2D eigenvalue weighted by molar-refractivity contribution is -0.114. The van der Waals surface area contributed by atoms with E-state index in [1.165, 1.54) is 37.9 Å². The Hall–Kier alpha value is -2.23. The van der Waals surface area contributed by atoms with Gasteiger partial charge in [0.25, 0.3) is 0 Å². The lowest BCUT2D eigenvalue weighted by atomic mass is 10.1. The van der Waals surface area contributed by atoms with Crippen molar-refractivity contribution in [3.8, 4) is 11.5 Å². The molecular formula is C20H26N2O5S2. The minimum Gasteiger partial charge on any atom is -0.493 e. The van der Waals surface area contributed by atoms with Gasteiger partial charge in [0.2, 0.25) is 15.9 Å². The molecule has 0 unspecified atom stereocenters. The summed E-state index contributed by atoms with van der Waals surface area (Å²) in [5.74, 6) is 0.834. The molecule has 2 aromatic rings. The van der Waals surface area contributed by atoms with Gasteiger partial charge in [-0.05, 0) is 48.6 Å². The topological polar surface area (TPSA) is 93.7 Å². The first-order valence-corrected chi connectivity index (χ1v) is 11.7. The molecule has 0 heterocycles. The van der Waals surface area contributed by atoms with E-state index in [1.807, 2.05) is 13.2 Å². The van der Waals surface area contributed by atoms with Gasteiger partial charge in [0.15, 0.2) is 11.5 Å². The fourth-order valence-corrected chi connectivity index (χ4v) is 4.72. The quantitative estimate of drug-likeness (QED) is 0.578. The van der Waals surface area contributed by atoms with Gasteiger partial charge in [-0.1, -0.05) is 13.0 Å². The summed E-state index contributed by atoms with van der Waals surface area (Å²) in [6.07, 6.45) is 2.40. The van der Waals surface area contributed by atoms with Gasteiger partial charge in [0.1, 0.15) is 0 Å². The van der Waals surface area contributed by atoms with Crippen LogP contribution in [0.4, 0.5) is 5.69 Å². The molecule has 0 bridgehead atoms. The van der Waals surface area contributed by atoms with Gasteiger partial charge in [0, 0.05) is 17.9 Å². The molecule has 0 aliphatic carbocycles. The van der Waals surface area contributed by atoms with E-state index < -0.39 is 16.1 Å². The first kappa shape index (κ1) is 23.1. The number of thioether (sulfide) groups is 1. The number of hydrogen-bond donors (Lipinski definition) is 2. The third-order valence-corrected chi connectivity index (χ3v) is 6.57. The molecule has 0 saturated carbocycles. The number of nitrogens with one attached hydrogen (secondary N) is 2. The number of methoxy groups -OCH3 is 2. The highest BCUT2D eigenvalue weighted by atomic mass is 32.2. The van der Waals surface area contributed by atoms with E-state index in [0.29, 0.717) is 23.6 Å². The van der Waals surface area contributed by atoms with Crippen LogP contribution >= 0.6 is 11.8 Å². The molecule has 29 heavy (non-hydrogen) atoms. The molecule has 0 spiro atoms. The van der Waals surface area contributed by atoms with Crippen molar-refractivity contribution in [3.63, 3.8) is 0 Å². The second-order valence-electron chi connectivity index (χ2n) is 6.24. The molecule has 0 aliphatic rings. The van der Waals surface area contributed by atoms with Crippen molar-refractivity contribution in [3.05, 3.63) is 42.0 Å². The molecule has 2 N–H and O–H groups in total. The molecule has 0 radical (unpaired) electrons. The van der Waals surface area contributed by atoms with Crippen LogP contribution in [0.5, 0.6) is 11.5 Å². The van der Waals surface area contributed by atoms with Crippen LogP contribution in [0.2, 0.25) is 0 Å². The predicted molar refractivity (Wildman–Crippen MR) is 115 cm³/mol. The van der Waals surface area contributed by atoms with Gasteiger partial charge in [-0.2, -0.15) is 0 Å². The smallest absolute Gasteiger partial charge is 0.241 e. The third-order valence-electron chi connectivity index (χ3n) is 4.31. The fourth-order valence-electron chi connectivity index (χ4n) is 2.85. The van der Waals surface area contributed by atoms with Crippen molar-refractivity contribution in [1.29, 1.82) is 0 Å². The minimum atomic E-state index is -3.82. The van der Waals surface area contributed by atoms with Crippen molar-refractivity contribution >= 4 is 33.4 Å². The van der Waals surface area contributed by atoms with Crippen LogP contribution in [-0.4, -0.2) is 34.8 Å². The van der Waals surface area contributed by atoms with E-state index >= 15 is 0 Å². The largest absolute Gasteiger partial charge is 0.493 e. The second kappa shape index (κ2) is 10.00. The average molecular weight is 439 g/mol. The molecule has 9 heteroatoms. The predicted octanol–water partition coefficient (Wildman–Crippen LogP) is 3.81. The van der Waals surface area contributed by atoms with Crippen molar-refractivity contribution in [1.82, 2.24) is 4.72 Å². The summed E-state index contributed by atoms with van der Waals surface area (Å²) in [6.45, 7) is 3.27. The van der Waals surface area contributed by atoms with Crippen molar-refractivity contribution in [2.45, 2.75) is 36.1 Å². The van der Waals surface area contributed by atoms with Crippen LogP contribution in [0, 0.1) is 0 Å². The number of amides is 1. The van der Waals surface area contributed by atoms with Gasteiger partial charge < -0.3 is 14.8 Å². The number of ether oxygens (including phenoxy) is 2. The SMILES string of the molecule is CC[C@@H](NS(=O)(=O)c1ccc(SC)c(NC(C)=O)c1)c1ccc(OC)c(OC)c1. The Bertz CT molecular complexity index is 977. The van der Waals surface area contributed by atoms with Crippen LogP contribution in [0.15, 0.2) is 46.2 Å². The number of carbonyl (C=O) groups excluding carboxylic acids is 1. The van der Waals surface area contributed by atoms with Crippen LogP contribution < -0.4 is 19.5 Å². The maximum absolute atomic E-state index is 13.0. The zero-order valence-electron chi connectivity index (χ0n) is 17.1. The monoisotopic (exact) mass is 438 g/mol. The summed E-state index contributed by atoms with van der Waals surface area (Å²) in [5, 5.41) is 2.68.